The standard InChI is InChI=1S/C18H11ClF3N3O4/c19-12-6-5-9(18(20,21)22)7-13(12)23-14(26)8-25-16(27)11-4-2-1-3-10(11)15(24-25)17(28)29/h1-7H,8H2,(H,23,26)(H,28,29)/p-1. The Balaban J connectivity index is 1.94. The molecule has 0 spiro atoms. The first-order valence-electron chi connectivity index (χ1n) is 7.95. The average molecular weight is 425 g/mol. The molecular formula is C18H10ClF3N3O4-. The van der Waals surface area contributed by atoms with E-state index in [4.69, 9.17) is 11.6 Å². The Labute approximate surface area is 165 Å². The summed E-state index contributed by atoms with van der Waals surface area (Å²) in [6.07, 6.45) is -4.65. The summed E-state index contributed by atoms with van der Waals surface area (Å²) in [6, 6.07) is 8.07. The van der Waals surface area contributed by atoms with Gasteiger partial charge in [-0.25, -0.2) is 4.68 Å². The minimum atomic E-state index is -4.65. The SMILES string of the molecule is O=C(Cn1nc(C(=O)[O-])c2ccccc2c1=O)Nc1cc(C(F)(F)F)ccc1Cl. The van der Waals surface area contributed by atoms with E-state index >= 15 is 0 Å². The Bertz CT molecular complexity index is 1190. The van der Waals surface area contributed by atoms with Crippen LogP contribution in [0.1, 0.15) is 16.1 Å². The fourth-order valence-corrected chi connectivity index (χ4v) is 2.78. The third-order valence-corrected chi connectivity index (χ3v) is 4.25. The van der Waals surface area contributed by atoms with E-state index in [1.165, 1.54) is 24.3 Å². The van der Waals surface area contributed by atoms with Gasteiger partial charge < -0.3 is 15.2 Å². The Kier molecular flexibility index (Phi) is 5.29. The van der Waals surface area contributed by atoms with Crippen molar-refractivity contribution in [3.8, 4) is 0 Å². The largest absolute Gasteiger partial charge is 0.543 e. The predicted molar refractivity (Wildman–Crippen MR) is 95.4 cm³/mol. The van der Waals surface area contributed by atoms with Crippen molar-refractivity contribution in [3.63, 3.8) is 0 Å². The fraction of sp³-hybridized carbons (Fsp3) is 0.111. The number of aromatic carboxylic acids is 1. The number of halogens is 4. The number of fused-ring (bicyclic) bond motifs is 1. The number of carboxylic acid groups (broad SMARTS) is 1. The molecule has 0 saturated carbocycles. The molecule has 1 amide bonds. The van der Waals surface area contributed by atoms with Gasteiger partial charge in [0.1, 0.15) is 12.2 Å². The molecule has 150 valence electrons. The molecule has 0 radical (unpaired) electrons. The maximum absolute atomic E-state index is 12.8. The lowest BCUT2D eigenvalue weighted by Gasteiger charge is -2.13. The molecule has 0 bridgehead atoms. The number of amides is 1. The molecule has 7 nitrogen and oxygen atoms in total. The zero-order valence-corrected chi connectivity index (χ0v) is 15.0. The molecule has 0 atom stereocenters. The van der Waals surface area contributed by atoms with E-state index in [9.17, 15) is 32.7 Å². The van der Waals surface area contributed by atoms with Crippen molar-refractivity contribution in [2.24, 2.45) is 0 Å². The Morgan fingerprint density at radius 1 is 1.14 bits per heavy atom. The molecule has 0 unspecified atom stereocenters. The summed E-state index contributed by atoms with van der Waals surface area (Å²) >= 11 is 5.82. The summed E-state index contributed by atoms with van der Waals surface area (Å²) < 4.78 is 39.1. The highest BCUT2D eigenvalue weighted by Crippen LogP contribution is 2.33. The molecule has 2 aromatic carbocycles. The van der Waals surface area contributed by atoms with Crippen LogP contribution in [0.5, 0.6) is 0 Å². The van der Waals surface area contributed by atoms with Crippen LogP contribution in [0.15, 0.2) is 47.3 Å². The topological polar surface area (TPSA) is 104 Å². The second kappa shape index (κ2) is 7.55. The number of nitrogens with zero attached hydrogens (tertiary/aromatic N) is 2. The van der Waals surface area contributed by atoms with Gasteiger partial charge in [-0.15, -0.1) is 0 Å². The minimum Gasteiger partial charge on any atom is -0.543 e. The minimum absolute atomic E-state index is 0.00778. The number of anilines is 1. The second-order valence-corrected chi connectivity index (χ2v) is 6.29. The summed E-state index contributed by atoms with van der Waals surface area (Å²) in [6.45, 7) is -0.753. The van der Waals surface area contributed by atoms with Crippen LogP contribution in [-0.2, 0) is 17.5 Å². The van der Waals surface area contributed by atoms with Crippen LogP contribution in [0, 0.1) is 0 Å². The van der Waals surface area contributed by atoms with Crippen molar-refractivity contribution in [1.82, 2.24) is 9.78 Å². The van der Waals surface area contributed by atoms with Crippen LogP contribution in [-0.4, -0.2) is 21.7 Å². The fourth-order valence-electron chi connectivity index (χ4n) is 2.62. The van der Waals surface area contributed by atoms with Gasteiger partial charge >= 0.3 is 6.18 Å². The van der Waals surface area contributed by atoms with Gasteiger partial charge in [0.15, 0.2) is 0 Å². The van der Waals surface area contributed by atoms with Gasteiger partial charge in [-0.2, -0.15) is 18.3 Å². The first-order valence-corrected chi connectivity index (χ1v) is 8.33. The number of carbonyl (C=O) groups excluding carboxylic acids is 2. The molecule has 0 aliphatic carbocycles. The highest BCUT2D eigenvalue weighted by Gasteiger charge is 2.31. The monoisotopic (exact) mass is 424 g/mol. The molecule has 0 fully saturated rings. The van der Waals surface area contributed by atoms with Crippen molar-refractivity contribution in [1.29, 1.82) is 0 Å². The predicted octanol–water partition coefficient (Wildman–Crippen LogP) is 2.07. The maximum Gasteiger partial charge on any atom is 0.416 e. The van der Waals surface area contributed by atoms with Crippen LogP contribution < -0.4 is 16.0 Å². The summed E-state index contributed by atoms with van der Waals surface area (Å²) in [5.74, 6) is -2.59. The molecule has 3 aromatic rings. The number of benzene rings is 2. The van der Waals surface area contributed by atoms with E-state index in [2.05, 4.69) is 10.4 Å². The maximum atomic E-state index is 12.8. The molecule has 1 aromatic heterocycles. The number of aromatic nitrogens is 2. The van der Waals surface area contributed by atoms with Gasteiger partial charge in [-0.05, 0) is 24.3 Å². The lowest BCUT2D eigenvalue weighted by atomic mass is 10.1. The van der Waals surface area contributed by atoms with E-state index in [1.807, 2.05) is 0 Å². The highest BCUT2D eigenvalue weighted by atomic mass is 35.5. The van der Waals surface area contributed by atoms with Gasteiger partial charge in [0.05, 0.1) is 27.6 Å². The second-order valence-electron chi connectivity index (χ2n) is 5.89. The lowest BCUT2D eigenvalue weighted by Crippen LogP contribution is -2.34. The van der Waals surface area contributed by atoms with Crippen LogP contribution in [0.25, 0.3) is 10.8 Å². The Morgan fingerprint density at radius 2 is 1.79 bits per heavy atom. The smallest absolute Gasteiger partial charge is 0.416 e. The first kappa shape index (κ1) is 20.3. The molecule has 11 heteroatoms. The zero-order valence-electron chi connectivity index (χ0n) is 14.3. The summed E-state index contributed by atoms with van der Waals surface area (Å²) in [5, 5.41) is 17.0. The van der Waals surface area contributed by atoms with Gasteiger partial charge in [-0.1, -0.05) is 29.8 Å². The molecule has 0 aliphatic rings. The number of hydrogen-bond acceptors (Lipinski definition) is 5. The van der Waals surface area contributed by atoms with E-state index in [0.717, 1.165) is 12.1 Å². The third-order valence-electron chi connectivity index (χ3n) is 3.92. The molecule has 0 aliphatic heterocycles. The van der Waals surface area contributed by atoms with Gasteiger partial charge in [0.25, 0.3) is 5.56 Å². The van der Waals surface area contributed by atoms with Gasteiger partial charge in [0, 0.05) is 5.39 Å². The van der Waals surface area contributed by atoms with E-state index in [0.29, 0.717) is 10.7 Å². The number of hydrogen-bond donors (Lipinski definition) is 1. The Morgan fingerprint density at radius 3 is 2.41 bits per heavy atom. The molecule has 1 N–H and O–H groups in total. The van der Waals surface area contributed by atoms with Crippen molar-refractivity contribution >= 4 is 39.9 Å². The number of carbonyl (C=O) groups is 2. The van der Waals surface area contributed by atoms with Gasteiger partial charge in [-0.3, -0.25) is 9.59 Å². The first-order chi connectivity index (χ1) is 13.6. The summed E-state index contributed by atoms with van der Waals surface area (Å²) in [5.41, 5.74) is -2.65. The quantitative estimate of drug-likeness (QED) is 0.690. The zero-order chi connectivity index (χ0) is 21.3. The number of carboxylic acids is 1. The lowest BCUT2D eigenvalue weighted by molar-refractivity contribution is -0.255. The van der Waals surface area contributed by atoms with Crippen molar-refractivity contribution < 1.29 is 27.9 Å². The van der Waals surface area contributed by atoms with E-state index in [-0.39, 0.29) is 21.5 Å². The Hall–Kier alpha value is -3.40. The number of nitrogens with one attached hydrogen (secondary N) is 1. The summed E-state index contributed by atoms with van der Waals surface area (Å²) in [4.78, 5) is 36.0. The number of rotatable bonds is 4. The van der Waals surface area contributed by atoms with Crippen molar-refractivity contribution in [3.05, 3.63) is 69.1 Å². The normalized spacial score (nSPS) is 11.4. The number of alkyl halides is 3. The average Bonchev–Trinajstić information content (AvgIpc) is 2.64. The molecule has 0 saturated heterocycles. The molecule has 1 heterocycles. The van der Waals surface area contributed by atoms with E-state index in [1.54, 1.807) is 0 Å². The van der Waals surface area contributed by atoms with Crippen LogP contribution >= 0.6 is 11.6 Å². The van der Waals surface area contributed by atoms with Crippen LogP contribution in [0.2, 0.25) is 5.02 Å². The van der Waals surface area contributed by atoms with Gasteiger partial charge in [0.2, 0.25) is 5.91 Å². The molecule has 3 rings (SSSR count). The highest BCUT2D eigenvalue weighted by molar-refractivity contribution is 6.33. The van der Waals surface area contributed by atoms with Crippen LogP contribution in [0.4, 0.5) is 18.9 Å². The molecular weight excluding hydrogens is 415 g/mol. The van der Waals surface area contributed by atoms with Crippen molar-refractivity contribution in [2.75, 3.05) is 5.32 Å². The third kappa shape index (κ3) is 4.21. The van der Waals surface area contributed by atoms with E-state index < -0.39 is 41.4 Å². The molecule has 29 heavy (non-hydrogen) atoms. The summed E-state index contributed by atoms with van der Waals surface area (Å²) in [7, 11) is 0. The van der Waals surface area contributed by atoms with Crippen molar-refractivity contribution in [2.45, 2.75) is 12.7 Å². The van der Waals surface area contributed by atoms with Crippen LogP contribution in [0.3, 0.4) is 0 Å².